The Morgan fingerprint density at radius 3 is 2.47 bits per heavy atom. The number of sulfonamides is 1. The predicted molar refractivity (Wildman–Crippen MR) is 73.3 cm³/mol. The van der Waals surface area contributed by atoms with Crippen LogP contribution in [0.15, 0.2) is 39.3 Å². The molecule has 0 aliphatic heterocycles. The Kier molecular flexibility index (Phi) is 4.15. The molecular formula is C11H13N3O3S2. The minimum Gasteiger partial charge on any atom is -0.326 e. The highest BCUT2D eigenvalue weighted by atomic mass is 32.2. The van der Waals surface area contributed by atoms with Gasteiger partial charge in [-0.15, -0.1) is 0 Å². The van der Waals surface area contributed by atoms with Crippen molar-refractivity contribution in [1.82, 2.24) is 9.71 Å². The van der Waals surface area contributed by atoms with Gasteiger partial charge >= 0.3 is 4.87 Å². The van der Waals surface area contributed by atoms with Crippen molar-refractivity contribution in [2.75, 3.05) is 0 Å². The second-order valence-electron chi connectivity index (χ2n) is 3.85. The number of nitrogens with one attached hydrogen (secondary N) is 2. The van der Waals surface area contributed by atoms with E-state index in [0.29, 0.717) is 12.2 Å². The normalized spacial score (nSPS) is 11.6. The van der Waals surface area contributed by atoms with Gasteiger partial charge in [0.15, 0.2) is 0 Å². The maximum atomic E-state index is 12.0. The Bertz CT molecular complexity index is 701. The van der Waals surface area contributed by atoms with Gasteiger partial charge < -0.3 is 10.7 Å². The second kappa shape index (κ2) is 5.66. The summed E-state index contributed by atoms with van der Waals surface area (Å²) in [5.41, 5.74) is 6.85. The number of aromatic nitrogens is 1. The van der Waals surface area contributed by atoms with E-state index < -0.39 is 10.0 Å². The number of H-pyrrole nitrogens is 1. The smallest absolute Gasteiger partial charge is 0.304 e. The van der Waals surface area contributed by atoms with Crippen molar-refractivity contribution in [1.29, 1.82) is 0 Å². The number of hydrogen-bond donors (Lipinski definition) is 3. The third kappa shape index (κ3) is 3.51. The maximum absolute atomic E-state index is 12.0. The fraction of sp³-hybridized carbons (Fsp3) is 0.182. The zero-order valence-corrected chi connectivity index (χ0v) is 11.6. The lowest BCUT2D eigenvalue weighted by molar-refractivity contribution is 0.580. The monoisotopic (exact) mass is 299 g/mol. The molecule has 0 unspecified atom stereocenters. The largest absolute Gasteiger partial charge is 0.326 e. The zero-order chi connectivity index (χ0) is 13.9. The van der Waals surface area contributed by atoms with Crippen LogP contribution in [-0.2, 0) is 23.1 Å². The summed E-state index contributed by atoms with van der Waals surface area (Å²) in [5.74, 6) is 0. The lowest BCUT2D eigenvalue weighted by atomic mass is 10.2. The van der Waals surface area contributed by atoms with Crippen molar-refractivity contribution in [3.8, 4) is 0 Å². The van der Waals surface area contributed by atoms with Gasteiger partial charge in [0, 0.05) is 17.6 Å². The van der Waals surface area contributed by atoms with Gasteiger partial charge in [-0.1, -0.05) is 23.5 Å². The third-order valence-electron chi connectivity index (χ3n) is 2.49. The molecule has 2 rings (SSSR count). The molecule has 19 heavy (non-hydrogen) atoms. The molecule has 0 bridgehead atoms. The summed E-state index contributed by atoms with van der Waals surface area (Å²) >= 11 is 0.996. The molecular weight excluding hydrogens is 286 g/mol. The Morgan fingerprint density at radius 1 is 1.26 bits per heavy atom. The number of benzene rings is 1. The molecule has 0 saturated heterocycles. The molecule has 8 heteroatoms. The van der Waals surface area contributed by atoms with Gasteiger partial charge in [-0.25, -0.2) is 13.1 Å². The second-order valence-corrected chi connectivity index (χ2v) is 6.46. The summed E-state index contributed by atoms with van der Waals surface area (Å²) in [6, 6.07) is 6.34. The Labute approximate surface area is 114 Å². The molecule has 0 amide bonds. The molecule has 0 fully saturated rings. The van der Waals surface area contributed by atoms with E-state index in [9.17, 15) is 13.2 Å². The Balaban J connectivity index is 2.11. The van der Waals surface area contributed by atoms with Gasteiger partial charge in [-0.2, -0.15) is 0 Å². The van der Waals surface area contributed by atoms with E-state index in [-0.39, 0.29) is 16.3 Å². The van der Waals surface area contributed by atoms with Crippen molar-refractivity contribution in [3.63, 3.8) is 0 Å². The molecule has 0 atom stereocenters. The fourth-order valence-corrected chi connectivity index (χ4v) is 3.05. The average molecular weight is 299 g/mol. The van der Waals surface area contributed by atoms with Crippen LogP contribution in [0.4, 0.5) is 0 Å². The number of thiazole rings is 1. The van der Waals surface area contributed by atoms with Crippen molar-refractivity contribution in [2.24, 2.45) is 5.73 Å². The Morgan fingerprint density at radius 2 is 1.95 bits per heavy atom. The highest BCUT2D eigenvalue weighted by Crippen LogP contribution is 2.10. The fourth-order valence-electron chi connectivity index (χ4n) is 1.46. The SMILES string of the molecule is NCc1ccc(S(=O)(=O)NCc2csc(=O)[nH]2)cc1. The van der Waals surface area contributed by atoms with Crippen molar-refractivity contribution in [2.45, 2.75) is 18.0 Å². The van der Waals surface area contributed by atoms with Gasteiger partial charge in [0.1, 0.15) is 0 Å². The summed E-state index contributed by atoms with van der Waals surface area (Å²) in [4.78, 5) is 13.4. The van der Waals surface area contributed by atoms with Crippen molar-refractivity contribution in [3.05, 3.63) is 50.6 Å². The number of aromatic amines is 1. The van der Waals surface area contributed by atoms with Crippen LogP contribution in [0.5, 0.6) is 0 Å². The van der Waals surface area contributed by atoms with Crippen LogP contribution in [0.2, 0.25) is 0 Å². The molecule has 1 aromatic heterocycles. The van der Waals surface area contributed by atoms with E-state index >= 15 is 0 Å². The van der Waals surface area contributed by atoms with Gasteiger partial charge in [-0.05, 0) is 17.7 Å². The van der Waals surface area contributed by atoms with Crippen LogP contribution in [0.25, 0.3) is 0 Å². The quantitative estimate of drug-likeness (QED) is 0.742. The molecule has 6 nitrogen and oxygen atoms in total. The van der Waals surface area contributed by atoms with Crippen LogP contribution in [0.3, 0.4) is 0 Å². The van der Waals surface area contributed by atoms with E-state index in [1.807, 2.05) is 0 Å². The van der Waals surface area contributed by atoms with Crippen LogP contribution in [0.1, 0.15) is 11.3 Å². The maximum Gasteiger partial charge on any atom is 0.304 e. The predicted octanol–water partition coefficient (Wildman–Crippen LogP) is 0.374. The lowest BCUT2D eigenvalue weighted by Crippen LogP contribution is -2.23. The van der Waals surface area contributed by atoms with Crippen LogP contribution >= 0.6 is 11.3 Å². The summed E-state index contributed by atoms with van der Waals surface area (Å²) < 4.78 is 26.4. The molecule has 2 aromatic rings. The molecule has 1 aromatic carbocycles. The summed E-state index contributed by atoms with van der Waals surface area (Å²) in [6.45, 7) is 0.420. The van der Waals surface area contributed by atoms with E-state index in [1.54, 1.807) is 17.5 Å². The summed E-state index contributed by atoms with van der Waals surface area (Å²) in [7, 11) is -3.58. The van der Waals surface area contributed by atoms with Gasteiger partial charge in [0.25, 0.3) is 0 Å². The van der Waals surface area contributed by atoms with Gasteiger partial charge in [-0.3, -0.25) is 4.79 Å². The minimum absolute atomic E-state index is 0.0553. The lowest BCUT2D eigenvalue weighted by Gasteiger charge is -2.06. The topological polar surface area (TPSA) is 105 Å². The molecule has 0 aliphatic carbocycles. The highest BCUT2D eigenvalue weighted by Gasteiger charge is 2.13. The molecule has 0 spiro atoms. The molecule has 0 aliphatic rings. The van der Waals surface area contributed by atoms with Crippen molar-refractivity contribution < 1.29 is 8.42 Å². The first-order valence-corrected chi connectivity index (χ1v) is 7.83. The standard InChI is InChI=1S/C11H13N3O3S2/c12-5-8-1-3-10(4-2-8)19(16,17)13-6-9-7-18-11(15)14-9/h1-4,7,13H,5-6,12H2,(H,14,15). The molecule has 0 radical (unpaired) electrons. The first-order valence-electron chi connectivity index (χ1n) is 5.46. The number of rotatable bonds is 5. The van der Waals surface area contributed by atoms with Crippen LogP contribution < -0.4 is 15.3 Å². The van der Waals surface area contributed by atoms with E-state index in [0.717, 1.165) is 16.9 Å². The summed E-state index contributed by atoms with van der Waals surface area (Å²) in [5, 5.41) is 1.59. The van der Waals surface area contributed by atoms with E-state index in [2.05, 4.69) is 9.71 Å². The molecule has 1 heterocycles. The van der Waals surface area contributed by atoms with E-state index in [4.69, 9.17) is 5.73 Å². The molecule has 102 valence electrons. The van der Waals surface area contributed by atoms with Gasteiger partial charge in [0.2, 0.25) is 10.0 Å². The van der Waals surface area contributed by atoms with Crippen LogP contribution in [-0.4, -0.2) is 13.4 Å². The number of nitrogens with two attached hydrogens (primary N) is 1. The minimum atomic E-state index is -3.58. The first kappa shape index (κ1) is 13.9. The van der Waals surface area contributed by atoms with Crippen molar-refractivity contribution >= 4 is 21.4 Å². The first-order chi connectivity index (χ1) is 9.01. The average Bonchev–Trinajstić information content (AvgIpc) is 2.82. The van der Waals surface area contributed by atoms with E-state index in [1.165, 1.54) is 12.1 Å². The summed E-state index contributed by atoms with van der Waals surface area (Å²) in [6.07, 6.45) is 0. The highest BCUT2D eigenvalue weighted by molar-refractivity contribution is 7.89. The Hall–Kier alpha value is -1.48. The van der Waals surface area contributed by atoms with Gasteiger partial charge in [0.05, 0.1) is 11.4 Å². The van der Waals surface area contributed by atoms with Crippen LogP contribution in [0, 0.1) is 0 Å². The third-order valence-corrected chi connectivity index (χ3v) is 4.63. The zero-order valence-electron chi connectivity index (χ0n) is 9.92. The number of hydrogen-bond acceptors (Lipinski definition) is 5. The molecule has 4 N–H and O–H groups in total. The molecule has 0 saturated carbocycles.